The van der Waals surface area contributed by atoms with E-state index in [1.165, 1.54) is 6.20 Å². The fraction of sp³-hybridized carbons (Fsp3) is 0.533. The van der Waals surface area contributed by atoms with Gasteiger partial charge in [0, 0.05) is 42.4 Å². The molecular formula is C30H36F2N4O6. The molecule has 2 aliphatic rings. The van der Waals surface area contributed by atoms with Gasteiger partial charge in [-0.2, -0.15) is 8.78 Å². The average molecular weight is 587 g/mol. The van der Waals surface area contributed by atoms with Crippen molar-refractivity contribution in [2.45, 2.75) is 77.6 Å². The van der Waals surface area contributed by atoms with Gasteiger partial charge in [0.25, 0.3) is 11.8 Å². The van der Waals surface area contributed by atoms with Gasteiger partial charge in [-0.3, -0.25) is 9.59 Å². The number of ether oxygens (including phenoxy) is 3. The Balaban J connectivity index is 1.61. The third-order valence-corrected chi connectivity index (χ3v) is 6.73. The third-order valence-electron chi connectivity index (χ3n) is 6.73. The van der Waals surface area contributed by atoms with Gasteiger partial charge in [0.15, 0.2) is 0 Å². The van der Waals surface area contributed by atoms with Crippen molar-refractivity contribution in [3.05, 3.63) is 29.5 Å². The summed E-state index contributed by atoms with van der Waals surface area (Å²) in [6, 6.07) is 2.24. The Bertz CT molecular complexity index is 1440. The summed E-state index contributed by atoms with van der Waals surface area (Å²) in [6.45, 7) is 9.85. The molecule has 0 aliphatic carbocycles. The van der Waals surface area contributed by atoms with Crippen LogP contribution in [0.1, 0.15) is 69.8 Å². The number of hydrogen-bond donors (Lipinski definition) is 2. The number of likely N-dealkylation sites (tertiary alicyclic amines) is 1. The van der Waals surface area contributed by atoms with E-state index in [0.717, 1.165) is 0 Å². The lowest BCUT2D eigenvalue weighted by Gasteiger charge is -2.31. The van der Waals surface area contributed by atoms with E-state index in [2.05, 4.69) is 22.1 Å². The molecule has 10 nitrogen and oxygen atoms in total. The summed E-state index contributed by atoms with van der Waals surface area (Å²) in [4.78, 5) is 42.3. The van der Waals surface area contributed by atoms with Gasteiger partial charge >= 0.3 is 12.0 Å². The summed E-state index contributed by atoms with van der Waals surface area (Å²) in [7, 11) is 0. The van der Waals surface area contributed by atoms with E-state index >= 15 is 0 Å². The molecule has 42 heavy (non-hydrogen) atoms. The summed E-state index contributed by atoms with van der Waals surface area (Å²) in [6.07, 6.45) is 1.50. The topological polar surface area (TPSA) is 133 Å². The zero-order valence-corrected chi connectivity index (χ0v) is 24.4. The van der Waals surface area contributed by atoms with Crippen molar-refractivity contribution in [1.29, 1.82) is 0 Å². The lowest BCUT2D eigenvalue weighted by atomic mass is 9.96. The molecule has 2 saturated heterocycles. The van der Waals surface area contributed by atoms with Crippen molar-refractivity contribution in [3.63, 3.8) is 0 Å². The van der Waals surface area contributed by atoms with Gasteiger partial charge in [0.2, 0.25) is 5.88 Å². The average Bonchev–Trinajstić information content (AvgIpc) is 3.15. The van der Waals surface area contributed by atoms with Crippen molar-refractivity contribution in [2.75, 3.05) is 19.7 Å². The van der Waals surface area contributed by atoms with Gasteiger partial charge in [-0.1, -0.05) is 11.8 Å². The van der Waals surface area contributed by atoms with Crippen LogP contribution in [0.15, 0.2) is 18.3 Å². The number of nitrogens with one attached hydrogen (secondary N) is 1. The predicted octanol–water partition coefficient (Wildman–Crippen LogP) is 4.02. The minimum atomic E-state index is -3.46. The third kappa shape index (κ3) is 7.38. The van der Waals surface area contributed by atoms with Gasteiger partial charge in [-0.25, -0.2) is 9.78 Å². The predicted molar refractivity (Wildman–Crippen MR) is 150 cm³/mol. The lowest BCUT2D eigenvalue weighted by molar-refractivity contribution is -0.139. The highest BCUT2D eigenvalue weighted by molar-refractivity contribution is 6.03. The zero-order valence-electron chi connectivity index (χ0n) is 24.4. The molecule has 1 aromatic carbocycles. The van der Waals surface area contributed by atoms with Gasteiger partial charge in [0.05, 0.1) is 23.3 Å². The SMILES string of the molecule is CC(C)Oc1cc2c(OC[C@@H]3CC(F)(F)C(=O)N3)ncc(C#CC3CCN(C(=O)OC(C)(C)C)CC3)c2cc1C(N)=O. The van der Waals surface area contributed by atoms with E-state index in [1.54, 1.807) is 30.9 Å². The quantitative estimate of drug-likeness (QED) is 0.489. The van der Waals surface area contributed by atoms with Crippen molar-refractivity contribution in [1.82, 2.24) is 15.2 Å². The second-order valence-corrected chi connectivity index (χ2v) is 11.8. The largest absolute Gasteiger partial charge is 0.490 e. The number of nitrogens with two attached hydrogens (primary N) is 1. The van der Waals surface area contributed by atoms with Crippen LogP contribution in [0.5, 0.6) is 11.6 Å². The Morgan fingerprint density at radius 3 is 2.48 bits per heavy atom. The van der Waals surface area contributed by atoms with Crippen molar-refractivity contribution in [2.24, 2.45) is 11.7 Å². The maximum absolute atomic E-state index is 13.7. The summed E-state index contributed by atoms with van der Waals surface area (Å²) in [5.74, 6) is 1.26. The molecule has 2 aliphatic heterocycles. The lowest BCUT2D eigenvalue weighted by Crippen LogP contribution is -2.41. The van der Waals surface area contributed by atoms with Crippen LogP contribution >= 0.6 is 0 Å². The number of carbonyl (C=O) groups excluding carboxylic acids is 3. The number of halogens is 2. The first-order valence-corrected chi connectivity index (χ1v) is 13.9. The first kappa shape index (κ1) is 30.8. The number of nitrogens with zero attached hydrogens (tertiary/aromatic N) is 2. The number of alkyl halides is 2. The second-order valence-electron chi connectivity index (χ2n) is 11.8. The highest BCUT2D eigenvalue weighted by Gasteiger charge is 2.48. The van der Waals surface area contributed by atoms with Crippen molar-refractivity contribution in [3.8, 4) is 23.5 Å². The fourth-order valence-corrected chi connectivity index (χ4v) is 4.74. The molecule has 1 atom stereocenters. The van der Waals surface area contributed by atoms with Crippen LogP contribution in [-0.2, 0) is 9.53 Å². The standard InChI is InChI=1S/C30H36F2N4O6/c1-17(2)41-24-13-22-21(12-23(24)25(33)37)19(15-34-26(22)40-16-20-14-30(31,32)27(38)35-20)7-6-18-8-10-36(11-9-18)28(39)42-29(3,4)5/h12-13,15,17-18,20H,8-11,14,16H2,1-5H3,(H2,33,37)(H,35,38)/t20-/m0/s1. The summed E-state index contributed by atoms with van der Waals surface area (Å²) in [5.41, 5.74) is 5.74. The monoisotopic (exact) mass is 586 g/mol. The maximum atomic E-state index is 13.7. The Kier molecular flexibility index (Phi) is 8.80. The van der Waals surface area contributed by atoms with Gasteiger partial charge in [-0.15, -0.1) is 0 Å². The number of carbonyl (C=O) groups is 3. The van der Waals surface area contributed by atoms with Gasteiger partial charge in [0.1, 0.15) is 18.0 Å². The van der Waals surface area contributed by atoms with Crippen LogP contribution < -0.4 is 20.5 Å². The number of benzene rings is 1. The van der Waals surface area contributed by atoms with Crippen molar-refractivity contribution >= 4 is 28.7 Å². The van der Waals surface area contributed by atoms with Crippen LogP contribution in [0.4, 0.5) is 13.6 Å². The minimum Gasteiger partial charge on any atom is -0.490 e. The zero-order chi connectivity index (χ0) is 30.8. The molecule has 2 fully saturated rings. The fourth-order valence-electron chi connectivity index (χ4n) is 4.74. The Morgan fingerprint density at radius 1 is 1.21 bits per heavy atom. The minimum absolute atomic E-state index is 0.0152. The summed E-state index contributed by atoms with van der Waals surface area (Å²) < 4.78 is 44.5. The van der Waals surface area contributed by atoms with Crippen LogP contribution in [0, 0.1) is 17.8 Å². The molecule has 0 saturated carbocycles. The first-order valence-electron chi connectivity index (χ1n) is 13.9. The Labute approximate surface area is 243 Å². The molecule has 0 spiro atoms. The summed E-state index contributed by atoms with van der Waals surface area (Å²) in [5, 5.41) is 3.19. The molecule has 12 heteroatoms. The second kappa shape index (κ2) is 12.0. The molecular weight excluding hydrogens is 550 g/mol. The first-order chi connectivity index (χ1) is 19.6. The summed E-state index contributed by atoms with van der Waals surface area (Å²) >= 11 is 0. The number of fused-ring (bicyclic) bond motifs is 1. The molecule has 1 aromatic heterocycles. The normalized spacial score (nSPS) is 18.8. The molecule has 3 N–H and O–H groups in total. The van der Waals surface area contributed by atoms with E-state index < -0.39 is 35.8 Å². The highest BCUT2D eigenvalue weighted by atomic mass is 19.3. The van der Waals surface area contributed by atoms with E-state index in [0.29, 0.717) is 42.3 Å². The Morgan fingerprint density at radius 2 is 1.90 bits per heavy atom. The van der Waals surface area contributed by atoms with E-state index in [-0.39, 0.29) is 41.9 Å². The number of aromatic nitrogens is 1. The van der Waals surface area contributed by atoms with Gasteiger partial charge < -0.3 is 30.2 Å². The molecule has 0 radical (unpaired) electrons. The smallest absolute Gasteiger partial charge is 0.410 e. The maximum Gasteiger partial charge on any atom is 0.410 e. The highest BCUT2D eigenvalue weighted by Crippen LogP contribution is 2.34. The van der Waals surface area contributed by atoms with Crippen LogP contribution in [0.2, 0.25) is 0 Å². The number of pyridine rings is 1. The molecule has 4 rings (SSSR count). The van der Waals surface area contributed by atoms with E-state index in [1.807, 2.05) is 20.8 Å². The van der Waals surface area contributed by atoms with E-state index in [9.17, 15) is 23.2 Å². The van der Waals surface area contributed by atoms with Crippen LogP contribution in [0.25, 0.3) is 10.8 Å². The molecule has 226 valence electrons. The molecule has 3 amide bonds. The van der Waals surface area contributed by atoms with Crippen LogP contribution in [-0.4, -0.2) is 71.2 Å². The number of piperidine rings is 1. The van der Waals surface area contributed by atoms with Gasteiger partial charge in [-0.05, 0) is 59.6 Å². The number of primary amides is 1. The molecule has 0 unspecified atom stereocenters. The Hall–Kier alpha value is -4.14. The number of hydrogen-bond acceptors (Lipinski definition) is 7. The van der Waals surface area contributed by atoms with E-state index in [4.69, 9.17) is 19.9 Å². The number of rotatable bonds is 6. The van der Waals surface area contributed by atoms with Crippen LogP contribution in [0.3, 0.4) is 0 Å². The number of amides is 3. The molecule has 0 bridgehead atoms. The molecule has 2 aromatic rings. The van der Waals surface area contributed by atoms with Crippen molar-refractivity contribution < 1.29 is 37.4 Å². The molecule has 3 heterocycles.